The number of amides is 2. The molecule has 134 valence electrons. The fraction of sp³-hybridized carbons (Fsp3) is 0.389. The van der Waals surface area contributed by atoms with Gasteiger partial charge < -0.3 is 14.4 Å². The van der Waals surface area contributed by atoms with Crippen molar-refractivity contribution >= 4 is 23.3 Å². The first kappa shape index (κ1) is 15.2. The number of nitrogens with zero attached hydrogens (tertiary/aromatic N) is 4. The molecule has 1 atom stereocenters. The first-order valence-electron chi connectivity index (χ1n) is 8.74. The van der Waals surface area contributed by atoms with Crippen molar-refractivity contribution < 1.29 is 19.1 Å². The standard InChI is InChI=1S/C18H18N4O4/c23-17-8-12(18(24)20-6-1-7-22-16(20)4-5-19-22)10-21(17)13-2-3-14-15(9-13)26-11-25-14/h2-5,9,12H,1,6-8,10-11H2/t12-/m0/s1. The lowest BCUT2D eigenvalue weighted by Gasteiger charge is -2.29. The molecule has 3 aliphatic rings. The summed E-state index contributed by atoms with van der Waals surface area (Å²) in [6.07, 6.45) is 2.80. The predicted octanol–water partition coefficient (Wildman–Crippen LogP) is 1.40. The van der Waals surface area contributed by atoms with Gasteiger partial charge in [-0.1, -0.05) is 0 Å². The van der Waals surface area contributed by atoms with Gasteiger partial charge in [-0.2, -0.15) is 5.10 Å². The minimum atomic E-state index is -0.352. The normalized spacial score (nSPS) is 21.2. The lowest BCUT2D eigenvalue weighted by atomic mass is 10.1. The van der Waals surface area contributed by atoms with Gasteiger partial charge in [0, 0.05) is 43.9 Å². The van der Waals surface area contributed by atoms with Crippen molar-refractivity contribution in [2.75, 3.05) is 29.7 Å². The number of benzene rings is 1. The van der Waals surface area contributed by atoms with E-state index in [2.05, 4.69) is 5.10 Å². The largest absolute Gasteiger partial charge is 0.454 e. The summed E-state index contributed by atoms with van der Waals surface area (Å²) in [5.74, 6) is 1.71. The number of anilines is 2. The van der Waals surface area contributed by atoms with Crippen LogP contribution in [0.5, 0.6) is 11.5 Å². The first-order chi connectivity index (χ1) is 12.7. The number of hydrogen-bond donors (Lipinski definition) is 0. The third-order valence-electron chi connectivity index (χ3n) is 5.13. The maximum atomic E-state index is 13.0. The summed E-state index contributed by atoms with van der Waals surface area (Å²) in [6.45, 7) is 2.05. The molecule has 3 aliphatic heterocycles. The molecule has 0 bridgehead atoms. The SMILES string of the molecule is O=C1C[C@H](C(=O)N2CCCn3nccc32)CN1c1ccc2c(c1)OCO2. The van der Waals surface area contributed by atoms with Crippen molar-refractivity contribution in [1.29, 1.82) is 0 Å². The van der Waals surface area contributed by atoms with E-state index in [9.17, 15) is 9.59 Å². The van der Waals surface area contributed by atoms with Crippen LogP contribution in [0.25, 0.3) is 0 Å². The van der Waals surface area contributed by atoms with Crippen molar-refractivity contribution in [1.82, 2.24) is 9.78 Å². The number of carbonyl (C=O) groups is 2. The summed E-state index contributed by atoms with van der Waals surface area (Å²) in [7, 11) is 0. The lowest BCUT2D eigenvalue weighted by molar-refractivity contribution is -0.124. The first-order valence-corrected chi connectivity index (χ1v) is 8.74. The summed E-state index contributed by atoms with van der Waals surface area (Å²) in [5.41, 5.74) is 0.734. The molecule has 8 nitrogen and oxygen atoms in total. The summed E-state index contributed by atoms with van der Waals surface area (Å²) < 4.78 is 12.5. The predicted molar refractivity (Wildman–Crippen MR) is 92.2 cm³/mol. The highest BCUT2D eigenvalue weighted by Crippen LogP contribution is 2.37. The van der Waals surface area contributed by atoms with Crippen LogP contribution in [-0.4, -0.2) is 41.5 Å². The fourth-order valence-corrected chi connectivity index (χ4v) is 3.84. The number of rotatable bonds is 2. The monoisotopic (exact) mass is 354 g/mol. The van der Waals surface area contributed by atoms with Crippen molar-refractivity contribution in [3.8, 4) is 11.5 Å². The van der Waals surface area contributed by atoms with E-state index in [4.69, 9.17) is 9.47 Å². The van der Waals surface area contributed by atoms with Crippen molar-refractivity contribution in [3.05, 3.63) is 30.5 Å². The van der Waals surface area contributed by atoms with Crippen LogP contribution in [-0.2, 0) is 16.1 Å². The highest BCUT2D eigenvalue weighted by atomic mass is 16.7. The minimum Gasteiger partial charge on any atom is -0.454 e. The summed E-state index contributed by atoms with van der Waals surface area (Å²) in [5, 5.41) is 4.25. The maximum Gasteiger partial charge on any atom is 0.233 e. The molecule has 1 fully saturated rings. The molecule has 26 heavy (non-hydrogen) atoms. The fourth-order valence-electron chi connectivity index (χ4n) is 3.84. The highest BCUT2D eigenvalue weighted by Gasteiger charge is 2.39. The molecule has 1 aromatic carbocycles. The van der Waals surface area contributed by atoms with E-state index < -0.39 is 0 Å². The van der Waals surface area contributed by atoms with Crippen LogP contribution in [0.3, 0.4) is 0 Å². The molecule has 0 aliphatic carbocycles. The summed E-state index contributed by atoms with van der Waals surface area (Å²) in [4.78, 5) is 29.0. The molecule has 4 heterocycles. The lowest BCUT2D eigenvalue weighted by Crippen LogP contribution is -2.42. The second-order valence-corrected chi connectivity index (χ2v) is 6.70. The second kappa shape index (κ2) is 5.76. The van der Waals surface area contributed by atoms with Crippen LogP contribution in [0.15, 0.2) is 30.5 Å². The number of aromatic nitrogens is 2. The highest BCUT2D eigenvalue weighted by molar-refractivity contribution is 6.04. The maximum absolute atomic E-state index is 13.0. The average molecular weight is 354 g/mol. The van der Waals surface area contributed by atoms with E-state index in [0.717, 1.165) is 24.5 Å². The van der Waals surface area contributed by atoms with E-state index in [1.807, 2.05) is 16.8 Å². The average Bonchev–Trinajstić information content (AvgIpc) is 3.38. The van der Waals surface area contributed by atoms with Crippen LogP contribution in [0.2, 0.25) is 0 Å². The van der Waals surface area contributed by atoms with Gasteiger partial charge in [-0.3, -0.25) is 14.5 Å². The molecule has 8 heteroatoms. The number of carbonyl (C=O) groups excluding carboxylic acids is 2. The van der Waals surface area contributed by atoms with Crippen LogP contribution in [0, 0.1) is 5.92 Å². The Morgan fingerprint density at radius 1 is 1.15 bits per heavy atom. The Morgan fingerprint density at radius 3 is 2.96 bits per heavy atom. The van der Waals surface area contributed by atoms with Crippen molar-refractivity contribution in [3.63, 3.8) is 0 Å². The summed E-state index contributed by atoms with van der Waals surface area (Å²) >= 11 is 0. The van der Waals surface area contributed by atoms with E-state index in [1.165, 1.54) is 0 Å². The molecule has 5 rings (SSSR count). The van der Waals surface area contributed by atoms with Gasteiger partial charge in [0.15, 0.2) is 11.5 Å². The number of aryl methyl sites for hydroxylation is 1. The van der Waals surface area contributed by atoms with E-state index in [0.29, 0.717) is 24.6 Å². The Hall–Kier alpha value is -3.03. The van der Waals surface area contributed by atoms with Crippen molar-refractivity contribution in [2.45, 2.75) is 19.4 Å². The molecule has 0 N–H and O–H groups in total. The van der Waals surface area contributed by atoms with Gasteiger partial charge in [0.2, 0.25) is 18.6 Å². The number of ether oxygens (including phenoxy) is 2. The Labute approximate surface area is 149 Å². The third-order valence-corrected chi connectivity index (χ3v) is 5.13. The van der Waals surface area contributed by atoms with E-state index >= 15 is 0 Å². The molecule has 2 amide bonds. The summed E-state index contributed by atoms with van der Waals surface area (Å²) in [6, 6.07) is 7.27. The molecular formula is C18H18N4O4. The Bertz CT molecular complexity index is 893. The Kier molecular flexibility index (Phi) is 3.37. The Balaban J connectivity index is 1.37. The number of fused-ring (bicyclic) bond motifs is 2. The van der Waals surface area contributed by atoms with Gasteiger partial charge >= 0.3 is 0 Å². The van der Waals surface area contributed by atoms with Crippen LogP contribution < -0.4 is 19.3 Å². The molecule has 1 aromatic heterocycles. The molecule has 1 saturated heterocycles. The zero-order valence-corrected chi connectivity index (χ0v) is 14.1. The molecule has 0 spiro atoms. The van der Waals surface area contributed by atoms with Crippen molar-refractivity contribution in [2.24, 2.45) is 5.92 Å². The number of hydrogen-bond acceptors (Lipinski definition) is 5. The minimum absolute atomic E-state index is 0.0111. The van der Waals surface area contributed by atoms with Gasteiger partial charge in [0.25, 0.3) is 0 Å². The molecule has 0 radical (unpaired) electrons. The van der Waals surface area contributed by atoms with Crippen LogP contribution in [0.1, 0.15) is 12.8 Å². The Morgan fingerprint density at radius 2 is 2.04 bits per heavy atom. The second-order valence-electron chi connectivity index (χ2n) is 6.70. The molecule has 0 unspecified atom stereocenters. The van der Waals surface area contributed by atoms with Crippen LogP contribution in [0.4, 0.5) is 11.5 Å². The third kappa shape index (κ3) is 2.33. The smallest absolute Gasteiger partial charge is 0.233 e. The van der Waals surface area contributed by atoms with Gasteiger partial charge in [-0.25, -0.2) is 4.68 Å². The molecule has 2 aromatic rings. The van der Waals surface area contributed by atoms with E-state index in [-0.39, 0.29) is 30.9 Å². The topological polar surface area (TPSA) is 76.9 Å². The zero-order valence-electron chi connectivity index (χ0n) is 14.1. The zero-order chi connectivity index (χ0) is 17.7. The van der Waals surface area contributed by atoms with Gasteiger partial charge in [0.05, 0.1) is 12.1 Å². The van der Waals surface area contributed by atoms with E-state index in [1.54, 1.807) is 28.1 Å². The van der Waals surface area contributed by atoms with Gasteiger partial charge in [-0.15, -0.1) is 0 Å². The molecular weight excluding hydrogens is 336 g/mol. The van der Waals surface area contributed by atoms with Crippen LogP contribution >= 0.6 is 0 Å². The molecule has 0 saturated carbocycles. The van der Waals surface area contributed by atoms with Gasteiger partial charge in [0.1, 0.15) is 5.82 Å². The van der Waals surface area contributed by atoms with Gasteiger partial charge in [-0.05, 0) is 18.6 Å². The quantitative estimate of drug-likeness (QED) is 0.815.